The van der Waals surface area contributed by atoms with E-state index in [4.69, 9.17) is 42.7 Å². The third-order valence-corrected chi connectivity index (χ3v) is 15.0. The molecule has 1 amide bonds. The molecule has 18 nitrogen and oxygen atoms in total. The van der Waals surface area contributed by atoms with E-state index in [1.807, 2.05) is 63.2 Å². The normalized spacial score (nSPS) is 37.9. The van der Waals surface area contributed by atoms with E-state index in [2.05, 4.69) is 17.4 Å². The Kier molecular flexibility index (Phi) is 23.7. The van der Waals surface area contributed by atoms with Crippen molar-refractivity contribution < 1.29 is 72.4 Å². The summed E-state index contributed by atoms with van der Waals surface area (Å²) < 4.78 is 50.8. The van der Waals surface area contributed by atoms with E-state index in [0.29, 0.717) is 18.7 Å². The zero-order valence-corrected chi connectivity index (χ0v) is 45.8. The summed E-state index contributed by atoms with van der Waals surface area (Å²) in [6.07, 6.45) is -4.15. The first-order valence-electron chi connectivity index (χ1n) is 26.4. The summed E-state index contributed by atoms with van der Waals surface area (Å²) in [7, 11) is 5.27. The van der Waals surface area contributed by atoms with Gasteiger partial charge in [0.25, 0.3) is 0 Å². The minimum Gasteiger partial charge on any atom is -0.459 e. The predicted molar refractivity (Wildman–Crippen MR) is 271 cm³/mol. The van der Waals surface area contributed by atoms with E-state index in [1.54, 1.807) is 41.5 Å². The molecule has 0 aromatic heterocycles. The number of oxime groups is 1. The molecule has 3 heterocycles. The SMILES string of the molecule is CCCCCCCCO/N=C1/[C@H](C)C[C@@](C)(O)[C@H](O[C@@H]2O[C@H](C)C[C@H](N(C)C)[C@H]2OC(=O)NCc2ccccc2)C[C@H](O[C@H]2C[C@@](C)(OC)[C@@H](OC(C)=O)[C@H](C)O2)[C@@H](C)C(=O)O[C@H](CC)[C@@](C)(O)[C@H](O)[C@H]1C. The van der Waals surface area contributed by atoms with Gasteiger partial charge in [-0.25, -0.2) is 4.79 Å². The van der Waals surface area contributed by atoms with Crippen LogP contribution in [-0.4, -0.2) is 156 Å². The van der Waals surface area contributed by atoms with Crippen LogP contribution in [0.15, 0.2) is 35.5 Å². The minimum atomic E-state index is -1.97. The first-order chi connectivity index (χ1) is 33.9. The van der Waals surface area contributed by atoms with Gasteiger partial charge in [-0.3, -0.25) is 9.59 Å². The number of ether oxygens (including phenoxy) is 8. The quantitative estimate of drug-likeness (QED) is 0.0465. The Morgan fingerprint density at radius 2 is 1.56 bits per heavy atom. The molecule has 3 fully saturated rings. The Hall–Kier alpha value is -3.46. The van der Waals surface area contributed by atoms with Crippen molar-refractivity contribution >= 4 is 23.7 Å². The average Bonchev–Trinajstić information content (AvgIpc) is 3.32. The van der Waals surface area contributed by atoms with Crippen molar-refractivity contribution in [3.8, 4) is 0 Å². The van der Waals surface area contributed by atoms with E-state index in [9.17, 15) is 29.7 Å². The maximum absolute atomic E-state index is 14.6. The average molecular weight is 1020 g/mol. The summed E-state index contributed by atoms with van der Waals surface area (Å²) >= 11 is 0. The van der Waals surface area contributed by atoms with Gasteiger partial charge in [0.1, 0.15) is 23.9 Å². The van der Waals surface area contributed by atoms with Crippen LogP contribution in [0.1, 0.15) is 152 Å². The van der Waals surface area contributed by atoms with Crippen LogP contribution >= 0.6 is 0 Å². The molecule has 3 saturated heterocycles. The highest BCUT2D eigenvalue weighted by atomic mass is 16.7. The van der Waals surface area contributed by atoms with Crippen LogP contribution in [0.2, 0.25) is 0 Å². The summed E-state index contributed by atoms with van der Waals surface area (Å²) in [6, 6.07) is 9.05. The molecule has 17 atom stereocenters. The van der Waals surface area contributed by atoms with Crippen LogP contribution < -0.4 is 5.32 Å². The number of methoxy groups -OCH3 is 1. The smallest absolute Gasteiger partial charge is 0.407 e. The maximum atomic E-state index is 14.6. The molecule has 0 saturated carbocycles. The van der Waals surface area contributed by atoms with Gasteiger partial charge in [-0.2, -0.15) is 0 Å². The Morgan fingerprint density at radius 3 is 2.18 bits per heavy atom. The molecule has 3 aliphatic rings. The fourth-order valence-electron chi connectivity index (χ4n) is 10.5. The highest BCUT2D eigenvalue weighted by Gasteiger charge is 2.53. The lowest BCUT2D eigenvalue weighted by atomic mass is 9.75. The van der Waals surface area contributed by atoms with E-state index < -0.39 is 108 Å². The number of nitrogens with one attached hydrogen (secondary N) is 1. The number of amides is 1. The van der Waals surface area contributed by atoms with Crippen LogP contribution in [0.4, 0.5) is 4.79 Å². The Labute approximate surface area is 429 Å². The van der Waals surface area contributed by atoms with Gasteiger partial charge in [-0.1, -0.05) is 88.9 Å². The van der Waals surface area contributed by atoms with Crippen LogP contribution in [0.25, 0.3) is 0 Å². The van der Waals surface area contributed by atoms with Crippen molar-refractivity contribution in [2.45, 2.75) is 238 Å². The minimum absolute atomic E-state index is 0.0237. The van der Waals surface area contributed by atoms with Gasteiger partial charge in [0, 0.05) is 45.3 Å². The van der Waals surface area contributed by atoms with Crippen LogP contribution in [0, 0.1) is 17.8 Å². The summed E-state index contributed by atoms with van der Waals surface area (Å²) in [5, 5.41) is 44.8. The summed E-state index contributed by atoms with van der Waals surface area (Å²) in [5.74, 6) is -3.81. The number of hydrogen-bond donors (Lipinski definition) is 4. The molecule has 4 rings (SSSR count). The second kappa shape index (κ2) is 27.9. The van der Waals surface area contributed by atoms with Crippen molar-refractivity contribution in [2.75, 3.05) is 27.8 Å². The third kappa shape index (κ3) is 16.8. The Bertz CT molecular complexity index is 1850. The highest BCUT2D eigenvalue weighted by Crippen LogP contribution is 2.40. The molecule has 0 unspecified atom stereocenters. The van der Waals surface area contributed by atoms with Gasteiger partial charge in [0.05, 0.1) is 53.8 Å². The summed E-state index contributed by atoms with van der Waals surface area (Å²) in [6.45, 7) is 19.5. The topological polar surface area (TPSA) is 223 Å². The molecule has 0 aliphatic carbocycles. The van der Waals surface area contributed by atoms with E-state index in [-0.39, 0.29) is 44.4 Å². The lowest BCUT2D eigenvalue weighted by Crippen LogP contribution is -2.60. The predicted octanol–water partition coefficient (Wildman–Crippen LogP) is 7.21. The van der Waals surface area contributed by atoms with Gasteiger partial charge in [0.2, 0.25) is 0 Å². The van der Waals surface area contributed by atoms with E-state index in [1.165, 1.54) is 27.4 Å². The molecule has 18 heteroatoms. The first-order valence-corrected chi connectivity index (χ1v) is 26.4. The number of aliphatic hydroxyl groups excluding tert-OH is 1. The van der Waals surface area contributed by atoms with E-state index >= 15 is 0 Å². The van der Waals surface area contributed by atoms with Crippen molar-refractivity contribution in [3.05, 3.63) is 35.9 Å². The molecule has 4 N–H and O–H groups in total. The number of alkyl carbamates (subject to hydrolysis) is 1. The van der Waals surface area contributed by atoms with Crippen molar-refractivity contribution in [3.63, 3.8) is 0 Å². The molecule has 0 spiro atoms. The molecule has 0 radical (unpaired) electrons. The fourth-order valence-corrected chi connectivity index (χ4v) is 10.5. The van der Waals surface area contributed by atoms with Gasteiger partial charge >= 0.3 is 18.0 Å². The molecule has 3 aliphatic heterocycles. The third-order valence-electron chi connectivity index (χ3n) is 15.0. The Balaban J connectivity index is 1.84. The number of nitrogens with zero attached hydrogens (tertiary/aromatic N) is 2. The molecule has 412 valence electrons. The lowest BCUT2D eigenvalue weighted by Gasteiger charge is -2.48. The number of benzene rings is 1. The first kappa shape index (κ1) is 61.1. The zero-order valence-electron chi connectivity index (χ0n) is 45.8. The number of likely N-dealkylation sites (N-methyl/N-ethyl adjacent to an activating group) is 1. The van der Waals surface area contributed by atoms with E-state index in [0.717, 1.165) is 37.7 Å². The number of aliphatic hydroxyl groups is 3. The highest BCUT2D eigenvalue weighted by molar-refractivity contribution is 5.88. The molecule has 1 aromatic carbocycles. The second-order valence-electron chi connectivity index (χ2n) is 21.5. The summed E-state index contributed by atoms with van der Waals surface area (Å²) in [5.41, 5.74) is -3.59. The molecule has 72 heavy (non-hydrogen) atoms. The number of unbranched alkanes of at least 4 members (excludes halogenated alkanes) is 5. The number of cyclic esters (lactones) is 1. The van der Waals surface area contributed by atoms with Gasteiger partial charge < -0.3 is 68.3 Å². The standard InChI is InChI=1S/C54H91N3O15/c1-15-17-18-19-20-24-27-65-56-45-33(3)30-52(9,62)43(71-50-46(40(57(12)13)28-34(4)66-50)72-51(61)55-32-39-25-22-21-23-26-39)29-41(35(5)49(60)70-42(16-2)54(11,63)47(59)36(45)6)69-44-31-53(10,64-14)48(37(7)67-44)68-38(8)58/h21-23,25-26,33-37,40-44,46-48,50,59,62-63H,15-20,24,27-32H2,1-14H3,(H,55,61)/b56-45-/t33-,34-,35-,36+,37+,40+,41+,42-,43-,44+,46-,47-,48+,50+,52-,53-,54-/m1/s1. The van der Waals surface area contributed by atoms with Crippen molar-refractivity contribution in [1.82, 2.24) is 10.2 Å². The van der Waals surface area contributed by atoms with Gasteiger partial charge in [-0.05, 0) is 93.3 Å². The number of carbonyl (C=O) groups excluding carboxylic acids is 3. The Morgan fingerprint density at radius 1 is 0.889 bits per heavy atom. The van der Waals surface area contributed by atoms with Gasteiger partial charge in [-0.15, -0.1) is 0 Å². The number of hydrogen-bond acceptors (Lipinski definition) is 17. The largest absolute Gasteiger partial charge is 0.459 e. The fraction of sp³-hybridized carbons (Fsp3) is 0.815. The zero-order chi connectivity index (χ0) is 53.6. The summed E-state index contributed by atoms with van der Waals surface area (Å²) in [4.78, 5) is 48.4. The number of esters is 2. The van der Waals surface area contributed by atoms with Crippen LogP contribution in [0.3, 0.4) is 0 Å². The van der Waals surface area contributed by atoms with Crippen LogP contribution in [0.5, 0.6) is 0 Å². The number of rotatable bonds is 19. The maximum Gasteiger partial charge on any atom is 0.407 e. The lowest BCUT2D eigenvalue weighted by molar-refractivity contribution is -0.308. The molecular weight excluding hydrogens is 931 g/mol. The van der Waals surface area contributed by atoms with Crippen molar-refractivity contribution in [2.24, 2.45) is 22.9 Å². The molecular formula is C54H91N3O15. The second-order valence-corrected chi connectivity index (χ2v) is 21.5. The molecule has 1 aromatic rings. The number of carbonyl (C=O) groups is 3. The monoisotopic (exact) mass is 1020 g/mol. The van der Waals surface area contributed by atoms with Gasteiger partial charge in [0.15, 0.2) is 24.8 Å². The molecule has 0 bridgehead atoms. The van der Waals surface area contributed by atoms with Crippen LogP contribution in [-0.2, 0) is 58.9 Å². The van der Waals surface area contributed by atoms with Crippen molar-refractivity contribution in [1.29, 1.82) is 0 Å².